The average molecular weight is 195 g/mol. The van der Waals surface area contributed by atoms with Crippen molar-refractivity contribution in [2.45, 2.75) is 0 Å². The van der Waals surface area contributed by atoms with Crippen molar-refractivity contribution >= 4 is 22.4 Å². The zero-order chi connectivity index (χ0) is 9.83. The molecule has 5 heteroatoms. The van der Waals surface area contributed by atoms with Gasteiger partial charge in [-0.05, 0) is 29.5 Å². The quantitative estimate of drug-likeness (QED) is 0.540. The minimum Gasteiger partial charge on any atom is -0.298 e. The lowest BCUT2D eigenvalue weighted by Gasteiger charge is -1.92. The monoisotopic (exact) mass is 195 g/mol. The van der Waals surface area contributed by atoms with Gasteiger partial charge in [0.25, 0.3) is 0 Å². The number of fused-ring (bicyclic) bond motifs is 5. The second kappa shape index (κ2) is 2.20. The summed E-state index contributed by atoms with van der Waals surface area (Å²) in [5.74, 6) is 0. The number of nitrogens with zero attached hydrogens (tertiary/aromatic N) is 5. The van der Waals surface area contributed by atoms with E-state index in [0.717, 1.165) is 27.7 Å². The van der Waals surface area contributed by atoms with Crippen molar-refractivity contribution < 1.29 is 0 Å². The van der Waals surface area contributed by atoms with E-state index in [4.69, 9.17) is 0 Å². The highest BCUT2D eigenvalue weighted by molar-refractivity contribution is 5.90. The molecule has 0 spiro atoms. The molecule has 0 fully saturated rings. The molecule has 0 N–H and O–H groups in total. The molecule has 3 aromatic rings. The van der Waals surface area contributed by atoms with Crippen molar-refractivity contribution in [1.29, 1.82) is 0 Å². The fourth-order valence-electron chi connectivity index (χ4n) is 1.96. The minimum atomic E-state index is 0.811. The van der Waals surface area contributed by atoms with Gasteiger partial charge in [-0.15, -0.1) is 10.2 Å². The molecule has 0 amide bonds. The maximum absolute atomic E-state index is 4.47. The highest BCUT2D eigenvalue weighted by atomic mass is 15.4. The summed E-state index contributed by atoms with van der Waals surface area (Å²) in [6.45, 7) is 0. The van der Waals surface area contributed by atoms with Crippen LogP contribution in [0.25, 0.3) is 16.7 Å². The minimum absolute atomic E-state index is 0.811. The maximum Gasteiger partial charge on any atom is 0.141 e. The Morgan fingerprint density at radius 3 is 3.13 bits per heavy atom. The first-order chi connectivity index (χ1) is 7.43. The number of hydrogen-bond donors (Lipinski definition) is 0. The first-order valence-corrected chi connectivity index (χ1v) is 4.62. The molecule has 5 nitrogen and oxygen atoms in total. The number of aromatic nitrogens is 2. The van der Waals surface area contributed by atoms with E-state index in [-0.39, 0.29) is 0 Å². The second-order valence-corrected chi connectivity index (χ2v) is 3.44. The third-order valence-electron chi connectivity index (χ3n) is 2.61. The molecule has 2 aromatic heterocycles. The van der Waals surface area contributed by atoms with E-state index >= 15 is 0 Å². The zero-order valence-corrected chi connectivity index (χ0v) is 7.62. The Bertz CT molecular complexity index is 768. The molecule has 0 aliphatic carbocycles. The number of imidazole rings is 1. The van der Waals surface area contributed by atoms with Crippen molar-refractivity contribution in [3.63, 3.8) is 0 Å². The lowest BCUT2D eigenvalue weighted by molar-refractivity contribution is 1.08. The largest absolute Gasteiger partial charge is 0.298 e. The number of hydrogen-bond acceptors (Lipinski definition) is 4. The lowest BCUT2D eigenvalue weighted by Crippen LogP contribution is -1.97. The standard InChI is InChI=1S/C10H5N5/c1-2-8-11-7-4-3-6-9(13-14-12-6)10(7)15(8)5-1/h1-5H. The summed E-state index contributed by atoms with van der Waals surface area (Å²) in [7, 11) is 0. The Morgan fingerprint density at radius 1 is 1.13 bits per heavy atom. The predicted molar refractivity (Wildman–Crippen MR) is 54.0 cm³/mol. The van der Waals surface area contributed by atoms with Gasteiger partial charge in [0.05, 0.1) is 5.52 Å². The first kappa shape index (κ1) is 7.05. The molecule has 1 aromatic carbocycles. The van der Waals surface area contributed by atoms with Gasteiger partial charge < -0.3 is 0 Å². The molecule has 0 saturated heterocycles. The van der Waals surface area contributed by atoms with Crippen molar-refractivity contribution in [2.24, 2.45) is 15.4 Å². The lowest BCUT2D eigenvalue weighted by atomic mass is 10.2. The number of benzene rings is 1. The maximum atomic E-state index is 4.47. The molecule has 0 bridgehead atoms. The van der Waals surface area contributed by atoms with Gasteiger partial charge in [0.15, 0.2) is 0 Å². The summed E-state index contributed by atoms with van der Waals surface area (Å²) in [5.41, 5.74) is 3.66. The fourth-order valence-corrected chi connectivity index (χ4v) is 1.96. The van der Waals surface area contributed by atoms with E-state index in [1.807, 2.05) is 34.9 Å². The molecule has 0 unspecified atom stereocenters. The molecule has 15 heavy (non-hydrogen) atoms. The first-order valence-electron chi connectivity index (χ1n) is 4.62. The summed E-state index contributed by atoms with van der Waals surface area (Å²) in [5, 5.41) is 12.5. The van der Waals surface area contributed by atoms with Crippen LogP contribution in [-0.4, -0.2) is 9.38 Å². The van der Waals surface area contributed by atoms with E-state index in [9.17, 15) is 0 Å². The van der Waals surface area contributed by atoms with Crippen molar-refractivity contribution in [3.05, 3.63) is 35.8 Å². The number of rotatable bonds is 0. The third kappa shape index (κ3) is 0.735. The Labute approximate surface area is 83.7 Å². The molecular weight excluding hydrogens is 190 g/mol. The summed E-state index contributed by atoms with van der Waals surface area (Å²) >= 11 is 0. The SMILES string of the molecule is c1cc2nc3ccc4c(c3n2c1)N=NN=4. The molecule has 70 valence electrons. The highest BCUT2D eigenvalue weighted by Crippen LogP contribution is 2.25. The Morgan fingerprint density at radius 2 is 2.13 bits per heavy atom. The van der Waals surface area contributed by atoms with Gasteiger partial charge in [-0.3, -0.25) is 4.40 Å². The van der Waals surface area contributed by atoms with E-state index in [0.29, 0.717) is 0 Å². The van der Waals surface area contributed by atoms with Crippen LogP contribution in [0, 0.1) is 0 Å². The summed E-state index contributed by atoms with van der Waals surface area (Å²) in [6.07, 6.45) is 1.97. The van der Waals surface area contributed by atoms with Gasteiger partial charge in [0, 0.05) is 6.20 Å². The van der Waals surface area contributed by atoms with Crippen LogP contribution in [0.15, 0.2) is 45.9 Å². The van der Waals surface area contributed by atoms with Gasteiger partial charge in [-0.2, -0.15) is 0 Å². The van der Waals surface area contributed by atoms with Crippen LogP contribution in [-0.2, 0) is 0 Å². The van der Waals surface area contributed by atoms with Crippen molar-refractivity contribution in [3.8, 4) is 0 Å². The van der Waals surface area contributed by atoms with E-state index in [2.05, 4.69) is 20.4 Å². The van der Waals surface area contributed by atoms with Crippen molar-refractivity contribution in [2.75, 3.05) is 0 Å². The van der Waals surface area contributed by atoms with E-state index in [1.54, 1.807) is 0 Å². The molecule has 4 rings (SSSR count). The average Bonchev–Trinajstić information content (AvgIpc) is 2.89. The van der Waals surface area contributed by atoms with E-state index in [1.165, 1.54) is 0 Å². The Kier molecular flexibility index (Phi) is 1.03. The zero-order valence-electron chi connectivity index (χ0n) is 7.62. The molecule has 0 saturated carbocycles. The molecule has 0 atom stereocenters. The second-order valence-electron chi connectivity index (χ2n) is 3.44. The van der Waals surface area contributed by atoms with Crippen LogP contribution in [0.3, 0.4) is 0 Å². The normalized spacial score (nSPS) is 13.6. The summed E-state index contributed by atoms with van der Waals surface area (Å²) < 4.78 is 2.01. The van der Waals surface area contributed by atoms with Crippen LogP contribution in [0.1, 0.15) is 0 Å². The molecule has 3 heterocycles. The van der Waals surface area contributed by atoms with E-state index < -0.39 is 0 Å². The van der Waals surface area contributed by atoms with Crippen LogP contribution < -0.4 is 5.36 Å². The van der Waals surface area contributed by atoms with Crippen LogP contribution in [0.2, 0.25) is 0 Å². The van der Waals surface area contributed by atoms with Gasteiger partial charge >= 0.3 is 0 Å². The van der Waals surface area contributed by atoms with Crippen LogP contribution >= 0.6 is 0 Å². The van der Waals surface area contributed by atoms with Crippen molar-refractivity contribution in [1.82, 2.24) is 9.38 Å². The molecule has 0 radical (unpaired) electrons. The van der Waals surface area contributed by atoms with Crippen LogP contribution in [0.5, 0.6) is 0 Å². The molecule has 1 aliphatic heterocycles. The Balaban J connectivity index is 2.41. The Hall–Kier alpha value is -2.30. The van der Waals surface area contributed by atoms with Gasteiger partial charge in [0.2, 0.25) is 0 Å². The summed E-state index contributed by atoms with van der Waals surface area (Å²) in [4.78, 5) is 4.47. The van der Waals surface area contributed by atoms with Crippen LogP contribution in [0.4, 0.5) is 5.69 Å². The smallest absolute Gasteiger partial charge is 0.141 e. The summed E-state index contributed by atoms with van der Waals surface area (Å²) in [6, 6.07) is 7.77. The molecule has 1 aliphatic rings. The van der Waals surface area contributed by atoms with Gasteiger partial charge in [-0.1, -0.05) is 0 Å². The fraction of sp³-hybridized carbons (Fsp3) is 0. The predicted octanol–water partition coefficient (Wildman–Crippen LogP) is 1.84. The topological polar surface area (TPSA) is 54.4 Å². The van der Waals surface area contributed by atoms with Gasteiger partial charge in [-0.25, -0.2) is 4.98 Å². The molecular formula is C10H5N5. The van der Waals surface area contributed by atoms with Gasteiger partial charge in [0.1, 0.15) is 22.2 Å². The highest BCUT2D eigenvalue weighted by Gasteiger charge is 2.13. The third-order valence-corrected chi connectivity index (χ3v) is 2.61.